The van der Waals surface area contributed by atoms with E-state index in [4.69, 9.17) is 28.3 Å². The summed E-state index contributed by atoms with van der Waals surface area (Å²) in [6, 6.07) is 3.44. The van der Waals surface area contributed by atoms with Gasteiger partial charge in [-0.05, 0) is 23.6 Å². The van der Waals surface area contributed by atoms with Crippen molar-refractivity contribution in [1.82, 2.24) is 0 Å². The van der Waals surface area contributed by atoms with E-state index in [9.17, 15) is 24.6 Å². The lowest BCUT2D eigenvalue weighted by atomic mass is 9.96. The average Bonchev–Trinajstić information content (AvgIpc) is 2.36. The third-order valence-electron chi connectivity index (χ3n) is 2.81. The zero-order valence-corrected chi connectivity index (χ0v) is 11.6. The van der Waals surface area contributed by atoms with Crippen LogP contribution in [-0.4, -0.2) is 33.2 Å². The Bertz CT molecular complexity index is 812. The van der Waals surface area contributed by atoms with Crippen molar-refractivity contribution in [3.63, 3.8) is 0 Å². The first-order chi connectivity index (χ1) is 9.73. The van der Waals surface area contributed by atoms with E-state index in [0.29, 0.717) is 0 Å². The second kappa shape index (κ2) is 5.23. The van der Waals surface area contributed by atoms with Crippen molar-refractivity contribution in [2.75, 3.05) is 0 Å². The van der Waals surface area contributed by atoms with E-state index in [1.54, 1.807) is 0 Å². The van der Waals surface area contributed by atoms with Crippen molar-refractivity contribution in [2.24, 2.45) is 0 Å². The molecule has 0 radical (unpaired) electrons. The van der Waals surface area contributed by atoms with Crippen molar-refractivity contribution in [2.45, 2.75) is 0 Å². The Morgan fingerprint density at radius 1 is 0.810 bits per heavy atom. The zero-order chi connectivity index (χ0) is 15.9. The predicted molar refractivity (Wildman–Crippen MR) is 74.8 cm³/mol. The van der Waals surface area contributed by atoms with Gasteiger partial charge in [-0.2, -0.15) is 0 Å². The molecule has 2 aromatic rings. The lowest BCUT2D eigenvalue weighted by Gasteiger charge is -2.11. The SMILES string of the molecule is O=C(O)c1cc2cc(Cl)cc(C(=O)O)c2c(C(=O)O)c1Cl. The molecule has 21 heavy (non-hydrogen) atoms. The third-order valence-corrected chi connectivity index (χ3v) is 3.42. The van der Waals surface area contributed by atoms with Gasteiger partial charge < -0.3 is 15.3 Å². The minimum atomic E-state index is -1.53. The molecule has 0 unspecified atom stereocenters. The molecule has 108 valence electrons. The van der Waals surface area contributed by atoms with Gasteiger partial charge in [0.1, 0.15) is 0 Å². The molecule has 0 amide bonds. The first kappa shape index (κ1) is 15.1. The highest BCUT2D eigenvalue weighted by Crippen LogP contribution is 2.34. The summed E-state index contributed by atoms with van der Waals surface area (Å²) in [4.78, 5) is 33.7. The predicted octanol–water partition coefficient (Wildman–Crippen LogP) is 3.24. The lowest BCUT2D eigenvalue weighted by molar-refractivity contribution is 0.0688. The molecule has 0 heterocycles. The molecule has 0 fully saturated rings. The van der Waals surface area contributed by atoms with E-state index in [-0.39, 0.29) is 21.4 Å². The topological polar surface area (TPSA) is 112 Å². The summed E-state index contributed by atoms with van der Waals surface area (Å²) in [5, 5.41) is 26.9. The zero-order valence-electron chi connectivity index (χ0n) is 10.1. The first-order valence-electron chi connectivity index (χ1n) is 5.39. The van der Waals surface area contributed by atoms with Crippen LogP contribution in [0.2, 0.25) is 10.0 Å². The highest BCUT2D eigenvalue weighted by Gasteiger charge is 2.25. The summed E-state index contributed by atoms with van der Waals surface area (Å²) in [7, 11) is 0. The maximum absolute atomic E-state index is 11.4. The van der Waals surface area contributed by atoms with Crippen molar-refractivity contribution >= 4 is 51.9 Å². The van der Waals surface area contributed by atoms with Crippen molar-refractivity contribution < 1.29 is 29.7 Å². The van der Waals surface area contributed by atoms with E-state index in [0.717, 1.165) is 12.1 Å². The van der Waals surface area contributed by atoms with E-state index in [1.807, 2.05) is 0 Å². The van der Waals surface area contributed by atoms with Crippen molar-refractivity contribution in [1.29, 1.82) is 0 Å². The normalized spacial score (nSPS) is 10.6. The van der Waals surface area contributed by atoms with Gasteiger partial charge in [-0.3, -0.25) is 0 Å². The highest BCUT2D eigenvalue weighted by molar-refractivity contribution is 6.39. The molecular weight excluding hydrogens is 323 g/mol. The number of fused-ring (bicyclic) bond motifs is 1. The molecule has 0 spiro atoms. The minimum absolute atomic E-state index is 0.0369. The van der Waals surface area contributed by atoms with Gasteiger partial charge in [-0.1, -0.05) is 23.2 Å². The molecule has 0 bridgehead atoms. The Morgan fingerprint density at radius 2 is 1.38 bits per heavy atom. The summed E-state index contributed by atoms with van der Waals surface area (Å²) in [6.45, 7) is 0. The van der Waals surface area contributed by atoms with E-state index >= 15 is 0 Å². The Morgan fingerprint density at radius 3 is 1.86 bits per heavy atom. The van der Waals surface area contributed by atoms with Crippen molar-refractivity contribution in [3.8, 4) is 0 Å². The number of rotatable bonds is 3. The Hall–Kier alpha value is -2.31. The fourth-order valence-corrected chi connectivity index (χ4v) is 2.55. The Kier molecular flexibility index (Phi) is 3.76. The van der Waals surface area contributed by atoms with E-state index in [1.165, 1.54) is 6.07 Å². The Balaban J connectivity index is 3.11. The van der Waals surface area contributed by atoms with Crippen LogP contribution in [0.3, 0.4) is 0 Å². The van der Waals surface area contributed by atoms with Crippen LogP contribution in [-0.2, 0) is 0 Å². The fourth-order valence-electron chi connectivity index (χ4n) is 2.01. The number of carboxylic acids is 3. The third kappa shape index (κ3) is 2.51. The largest absolute Gasteiger partial charge is 0.478 e. The number of hydrogen-bond acceptors (Lipinski definition) is 3. The first-order valence-corrected chi connectivity index (χ1v) is 6.15. The molecule has 0 aliphatic carbocycles. The maximum atomic E-state index is 11.4. The molecule has 0 aliphatic rings. The number of benzene rings is 2. The summed E-state index contributed by atoms with van der Waals surface area (Å²) in [6.07, 6.45) is 0. The molecule has 0 atom stereocenters. The molecule has 2 rings (SSSR count). The van der Waals surface area contributed by atoms with Crippen LogP contribution in [0.25, 0.3) is 10.8 Å². The monoisotopic (exact) mass is 328 g/mol. The quantitative estimate of drug-likeness (QED) is 0.797. The van der Waals surface area contributed by atoms with E-state index in [2.05, 4.69) is 0 Å². The van der Waals surface area contributed by atoms with Gasteiger partial charge >= 0.3 is 17.9 Å². The van der Waals surface area contributed by atoms with Crippen LogP contribution < -0.4 is 0 Å². The van der Waals surface area contributed by atoms with Crippen molar-refractivity contribution in [3.05, 3.63) is 44.9 Å². The molecule has 8 heteroatoms. The van der Waals surface area contributed by atoms with Crippen LogP contribution in [0.1, 0.15) is 31.1 Å². The number of hydrogen-bond donors (Lipinski definition) is 3. The number of aromatic carboxylic acids is 3. The summed E-state index contributed by atoms with van der Waals surface area (Å²) in [5.74, 6) is -4.36. The van der Waals surface area contributed by atoms with Crippen LogP contribution in [0.4, 0.5) is 0 Å². The molecule has 2 aromatic carbocycles. The second-order valence-electron chi connectivity index (χ2n) is 4.08. The molecular formula is C13H6Cl2O6. The second-order valence-corrected chi connectivity index (χ2v) is 4.89. The summed E-state index contributed by atoms with van der Waals surface area (Å²) in [5.41, 5.74) is -1.39. The van der Waals surface area contributed by atoms with Gasteiger partial charge in [-0.25, -0.2) is 14.4 Å². The standard InChI is InChI=1S/C13H6Cl2O6/c14-5-1-4-2-7(12(18)19)10(15)9(13(20)21)8(4)6(3-5)11(16)17/h1-3H,(H,16,17)(H,18,19)(H,20,21). The summed E-state index contributed by atoms with van der Waals surface area (Å²) >= 11 is 11.6. The van der Waals surface area contributed by atoms with Crippen LogP contribution in [0.15, 0.2) is 18.2 Å². The van der Waals surface area contributed by atoms with Gasteiger partial charge in [0.05, 0.1) is 21.7 Å². The smallest absolute Gasteiger partial charge is 0.337 e. The van der Waals surface area contributed by atoms with Gasteiger partial charge in [-0.15, -0.1) is 0 Å². The Labute approximate surface area is 127 Å². The molecule has 0 aromatic heterocycles. The number of carbonyl (C=O) groups is 3. The van der Waals surface area contributed by atoms with Gasteiger partial charge in [0, 0.05) is 10.4 Å². The number of carboxylic acid groups (broad SMARTS) is 3. The maximum Gasteiger partial charge on any atom is 0.337 e. The molecule has 6 nitrogen and oxygen atoms in total. The highest BCUT2D eigenvalue weighted by atomic mass is 35.5. The number of halogens is 2. The molecule has 0 saturated heterocycles. The lowest BCUT2D eigenvalue weighted by Crippen LogP contribution is -2.09. The van der Waals surface area contributed by atoms with Crippen LogP contribution >= 0.6 is 23.2 Å². The summed E-state index contributed by atoms with van der Waals surface area (Å²) < 4.78 is 0. The van der Waals surface area contributed by atoms with Crippen LogP contribution in [0, 0.1) is 0 Å². The van der Waals surface area contributed by atoms with E-state index < -0.39 is 34.1 Å². The van der Waals surface area contributed by atoms with Gasteiger partial charge in [0.2, 0.25) is 0 Å². The fraction of sp³-hybridized carbons (Fsp3) is 0. The van der Waals surface area contributed by atoms with Gasteiger partial charge in [0.15, 0.2) is 0 Å². The average molecular weight is 329 g/mol. The minimum Gasteiger partial charge on any atom is -0.478 e. The molecule has 3 N–H and O–H groups in total. The molecule has 0 saturated carbocycles. The molecule has 0 aliphatic heterocycles. The van der Waals surface area contributed by atoms with Crippen LogP contribution in [0.5, 0.6) is 0 Å². The van der Waals surface area contributed by atoms with Gasteiger partial charge in [0.25, 0.3) is 0 Å².